The second kappa shape index (κ2) is 8.06. The number of hydrogen-bond donors (Lipinski definition) is 0. The number of sulfone groups is 1. The minimum absolute atomic E-state index is 0.00372. The number of furan rings is 1. The van der Waals surface area contributed by atoms with Crippen LogP contribution in [-0.4, -0.2) is 47.5 Å². The average molecular weight is 457 g/mol. The quantitative estimate of drug-likeness (QED) is 0.524. The van der Waals surface area contributed by atoms with E-state index in [9.17, 15) is 13.2 Å². The predicted molar refractivity (Wildman–Crippen MR) is 112 cm³/mol. The standard InChI is InChI=1S/C18H17ClN2O4S3/c19-12-3-4-16-15(8-12)20-18(27-16)26-10-17(22)21(9-14-2-1-6-25-14)13-5-7-28(23,24)11-13/h1-4,6,8,13H,5,7,9-11H2/t13-/m0/s1. The second-order valence-electron chi connectivity index (χ2n) is 6.54. The number of nitrogens with zero attached hydrogens (tertiary/aromatic N) is 2. The fraction of sp³-hybridized carbons (Fsp3) is 0.333. The summed E-state index contributed by atoms with van der Waals surface area (Å²) in [6, 6.07) is 8.74. The molecule has 1 saturated heterocycles. The summed E-state index contributed by atoms with van der Waals surface area (Å²) >= 11 is 8.86. The van der Waals surface area contributed by atoms with Crippen LogP contribution in [0.25, 0.3) is 10.2 Å². The lowest BCUT2D eigenvalue weighted by molar-refractivity contribution is -0.131. The molecule has 0 bridgehead atoms. The van der Waals surface area contributed by atoms with Crippen LogP contribution in [0.2, 0.25) is 5.02 Å². The lowest BCUT2D eigenvalue weighted by atomic mass is 10.2. The smallest absolute Gasteiger partial charge is 0.233 e. The van der Waals surface area contributed by atoms with Gasteiger partial charge in [0.2, 0.25) is 5.91 Å². The van der Waals surface area contributed by atoms with E-state index < -0.39 is 9.84 Å². The van der Waals surface area contributed by atoms with Crippen molar-refractivity contribution in [3.05, 3.63) is 47.4 Å². The lowest BCUT2D eigenvalue weighted by Crippen LogP contribution is -2.41. The van der Waals surface area contributed by atoms with Crippen molar-refractivity contribution < 1.29 is 17.6 Å². The number of carbonyl (C=O) groups excluding carboxylic acids is 1. The minimum Gasteiger partial charge on any atom is -0.467 e. The molecule has 6 nitrogen and oxygen atoms in total. The summed E-state index contributed by atoms with van der Waals surface area (Å²) in [5, 5.41) is 0.623. The summed E-state index contributed by atoms with van der Waals surface area (Å²) in [5.74, 6) is 0.818. The van der Waals surface area contributed by atoms with Crippen molar-refractivity contribution in [2.75, 3.05) is 17.3 Å². The molecular weight excluding hydrogens is 440 g/mol. The lowest BCUT2D eigenvalue weighted by Gasteiger charge is -2.27. The summed E-state index contributed by atoms with van der Waals surface area (Å²) < 4.78 is 30.9. The zero-order valence-corrected chi connectivity index (χ0v) is 17.9. The maximum Gasteiger partial charge on any atom is 0.233 e. The monoisotopic (exact) mass is 456 g/mol. The molecule has 28 heavy (non-hydrogen) atoms. The Kier molecular flexibility index (Phi) is 5.69. The number of hydrogen-bond acceptors (Lipinski definition) is 7. The molecule has 0 aliphatic carbocycles. The van der Waals surface area contributed by atoms with Gasteiger partial charge in [-0.05, 0) is 36.8 Å². The van der Waals surface area contributed by atoms with Crippen LogP contribution in [0.1, 0.15) is 12.2 Å². The molecular formula is C18H17ClN2O4S3. The average Bonchev–Trinajstić information content (AvgIpc) is 3.36. The molecule has 1 amide bonds. The molecule has 1 fully saturated rings. The number of benzene rings is 1. The van der Waals surface area contributed by atoms with Gasteiger partial charge in [0.05, 0.1) is 40.3 Å². The Morgan fingerprint density at radius 1 is 1.39 bits per heavy atom. The summed E-state index contributed by atoms with van der Waals surface area (Å²) in [7, 11) is -3.10. The molecule has 0 N–H and O–H groups in total. The highest BCUT2D eigenvalue weighted by molar-refractivity contribution is 8.01. The molecule has 0 spiro atoms. The van der Waals surface area contributed by atoms with Gasteiger partial charge in [0, 0.05) is 11.1 Å². The molecule has 1 aromatic carbocycles. The Morgan fingerprint density at radius 3 is 2.96 bits per heavy atom. The maximum absolute atomic E-state index is 12.9. The van der Waals surface area contributed by atoms with Crippen LogP contribution >= 0.6 is 34.7 Å². The number of halogens is 1. The molecule has 3 aromatic rings. The van der Waals surface area contributed by atoms with Crippen LogP contribution in [0.3, 0.4) is 0 Å². The van der Waals surface area contributed by atoms with Crippen LogP contribution in [-0.2, 0) is 21.2 Å². The van der Waals surface area contributed by atoms with Gasteiger partial charge in [0.15, 0.2) is 14.2 Å². The normalized spacial score (nSPS) is 18.5. The van der Waals surface area contributed by atoms with Gasteiger partial charge in [-0.15, -0.1) is 11.3 Å². The highest BCUT2D eigenvalue weighted by Crippen LogP contribution is 2.31. The fourth-order valence-electron chi connectivity index (χ4n) is 3.16. The molecule has 148 valence electrons. The molecule has 4 rings (SSSR count). The van der Waals surface area contributed by atoms with Crippen molar-refractivity contribution in [2.24, 2.45) is 0 Å². The second-order valence-corrected chi connectivity index (χ2v) is 11.5. The van der Waals surface area contributed by atoms with Gasteiger partial charge in [0.1, 0.15) is 5.76 Å². The first-order chi connectivity index (χ1) is 13.4. The summed E-state index contributed by atoms with van der Waals surface area (Å²) in [6.07, 6.45) is 2.00. The zero-order chi connectivity index (χ0) is 19.7. The van der Waals surface area contributed by atoms with Gasteiger partial charge < -0.3 is 9.32 Å². The Hall–Kier alpha value is -1.55. The number of fused-ring (bicyclic) bond motifs is 1. The number of aromatic nitrogens is 1. The van der Waals surface area contributed by atoms with Crippen molar-refractivity contribution in [1.29, 1.82) is 0 Å². The molecule has 0 radical (unpaired) electrons. The summed E-state index contributed by atoms with van der Waals surface area (Å²) in [5.41, 5.74) is 0.807. The SMILES string of the molecule is O=C(CSc1nc2cc(Cl)ccc2s1)N(Cc1ccco1)[C@H]1CCS(=O)(=O)C1. The van der Waals surface area contributed by atoms with Crippen LogP contribution < -0.4 is 0 Å². The number of thioether (sulfide) groups is 1. The van der Waals surface area contributed by atoms with E-state index in [1.165, 1.54) is 23.1 Å². The van der Waals surface area contributed by atoms with E-state index in [0.29, 0.717) is 17.2 Å². The van der Waals surface area contributed by atoms with Gasteiger partial charge in [-0.2, -0.15) is 0 Å². The van der Waals surface area contributed by atoms with Crippen LogP contribution in [0, 0.1) is 0 Å². The predicted octanol–water partition coefficient (Wildman–Crippen LogP) is 3.85. The third-order valence-electron chi connectivity index (χ3n) is 4.52. The van der Waals surface area contributed by atoms with E-state index in [2.05, 4.69) is 4.98 Å². The van der Waals surface area contributed by atoms with Crippen LogP contribution in [0.5, 0.6) is 0 Å². The van der Waals surface area contributed by atoms with Crippen LogP contribution in [0.15, 0.2) is 45.4 Å². The van der Waals surface area contributed by atoms with E-state index in [-0.39, 0.29) is 35.8 Å². The van der Waals surface area contributed by atoms with Gasteiger partial charge in [-0.25, -0.2) is 13.4 Å². The van der Waals surface area contributed by atoms with Gasteiger partial charge in [-0.3, -0.25) is 4.79 Å². The largest absolute Gasteiger partial charge is 0.467 e. The molecule has 2 aromatic heterocycles. The fourth-order valence-corrected chi connectivity index (χ4v) is 6.99. The minimum atomic E-state index is -3.10. The van der Waals surface area contributed by atoms with E-state index in [1.807, 2.05) is 12.1 Å². The Labute approximate surface area is 175 Å². The molecule has 1 atom stereocenters. The van der Waals surface area contributed by atoms with Gasteiger partial charge in [0.25, 0.3) is 0 Å². The molecule has 1 aliphatic rings. The maximum atomic E-state index is 12.9. The van der Waals surface area contributed by atoms with Gasteiger partial charge in [-0.1, -0.05) is 23.4 Å². The first-order valence-corrected chi connectivity index (χ1v) is 12.6. The highest BCUT2D eigenvalue weighted by atomic mass is 35.5. The summed E-state index contributed by atoms with van der Waals surface area (Å²) in [6.45, 7) is 0.266. The highest BCUT2D eigenvalue weighted by Gasteiger charge is 2.35. The first kappa shape index (κ1) is 19.8. The van der Waals surface area contributed by atoms with Crippen molar-refractivity contribution in [1.82, 2.24) is 9.88 Å². The Balaban J connectivity index is 1.48. The van der Waals surface area contributed by atoms with Gasteiger partial charge >= 0.3 is 0 Å². The third-order valence-corrected chi connectivity index (χ3v) is 8.67. The number of carbonyl (C=O) groups is 1. The molecule has 0 unspecified atom stereocenters. The number of rotatable bonds is 6. The molecule has 10 heteroatoms. The summed E-state index contributed by atoms with van der Waals surface area (Å²) in [4.78, 5) is 19.1. The van der Waals surface area contributed by atoms with E-state index in [0.717, 1.165) is 14.6 Å². The molecule has 3 heterocycles. The first-order valence-electron chi connectivity index (χ1n) is 8.61. The third kappa shape index (κ3) is 4.53. The number of amides is 1. The molecule has 1 aliphatic heterocycles. The van der Waals surface area contributed by atoms with E-state index >= 15 is 0 Å². The topological polar surface area (TPSA) is 80.5 Å². The Bertz CT molecular complexity index is 1100. The van der Waals surface area contributed by atoms with Crippen molar-refractivity contribution in [2.45, 2.75) is 23.3 Å². The Morgan fingerprint density at radius 2 is 2.25 bits per heavy atom. The number of thiazole rings is 1. The van der Waals surface area contributed by atoms with Crippen molar-refractivity contribution in [3.63, 3.8) is 0 Å². The van der Waals surface area contributed by atoms with Crippen molar-refractivity contribution in [3.8, 4) is 0 Å². The van der Waals surface area contributed by atoms with Crippen LogP contribution in [0.4, 0.5) is 0 Å². The molecule has 0 saturated carbocycles. The van der Waals surface area contributed by atoms with Crippen molar-refractivity contribution >= 4 is 60.7 Å². The van der Waals surface area contributed by atoms with E-state index in [4.69, 9.17) is 16.0 Å². The van der Waals surface area contributed by atoms with E-state index in [1.54, 1.807) is 29.4 Å². The zero-order valence-electron chi connectivity index (χ0n) is 14.7.